The highest BCUT2D eigenvalue weighted by Gasteiger charge is 2.13. The molecule has 0 aliphatic rings. The summed E-state index contributed by atoms with van der Waals surface area (Å²) in [4.78, 5) is 4.57. The first-order valence-electron chi connectivity index (χ1n) is 7.74. The summed E-state index contributed by atoms with van der Waals surface area (Å²) in [6.45, 7) is 0. The molecule has 0 fully saturated rings. The van der Waals surface area contributed by atoms with E-state index in [1.54, 1.807) is 18.2 Å². The van der Waals surface area contributed by atoms with Crippen LogP contribution in [0.3, 0.4) is 0 Å². The summed E-state index contributed by atoms with van der Waals surface area (Å²) in [7, 11) is 2.92. The van der Waals surface area contributed by atoms with Gasteiger partial charge in [-0.15, -0.1) is 11.3 Å². The quantitative estimate of drug-likeness (QED) is 0.670. The van der Waals surface area contributed by atoms with Crippen molar-refractivity contribution in [3.63, 3.8) is 0 Å². The number of phenolic OH excluding ortho intramolecular Hbond substituents is 1. The van der Waals surface area contributed by atoms with E-state index in [0.29, 0.717) is 16.1 Å². The van der Waals surface area contributed by atoms with Crippen molar-refractivity contribution in [2.24, 2.45) is 0 Å². The second-order valence-electron chi connectivity index (χ2n) is 5.35. The number of allylic oxidation sites excluding steroid dienone is 1. The normalized spacial score (nSPS) is 11.0. The smallest absolute Gasteiger partial charge is 0.200 e. The van der Waals surface area contributed by atoms with Crippen LogP contribution in [0.2, 0.25) is 0 Å². The molecule has 0 saturated carbocycles. The van der Waals surface area contributed by atoms with Gasteiger partial charge in [0.1, 0.15) is 11.1 Å². The van der Waals surface area contributed by atoms with Crippen LogP contribution in [-0.4, -0.2) is 24.3 Å². The maximum Gasteiger partial charge on any atom is 0.200 e. The monoisotopic (exact) mass is 364 g/mol. The number of thiazole rings is 1. The zero-order chi connectivity index (χ0) is 18.5. The van der Waals surface area contributed by atoms with Crippen LogP contribution in [0.5, 0.6) is 17.2 Å². The summed E-state index contributed by atoms with van der Waals surface area (Å²) in [6.07, 6.45) is 1.69. The van der Waals surface area contributed by atoms with Crippen molar-refractivity contribution in [1.29, 1.82) is 5.26 Å². The number of nitrogens with zero attached hydrogens (tertiary/aromatic N) is 2. The fourth-order valence-electron chi connectivity index (χ4n) is 2.44. The Balaban J connectivity index is 2.00. The van der Waals surface area contributed by atoms with Gasteiger partial charge < -0.3 is 14.6 Å². The lowest BCUT2D eigenvalue weighted by atomic mass is 10.1. The number of ether oxygens (including phenoxy) is 2. The minimum atomic E-state index is -0.0775. The van der Waals surface area contributed by atoms with E-state index >= 15 is 0 Å². The van der Waals surface area contributed by atoms with Gasteiger partial charge in [-0.3, -0.25) is 0 Å². The minimum absolute atomic E-state index is 0.0775. The number of benzene rings is 2. The van der Waals surface area contributed by atoms with Gasteiger partial charge in [-0.2, -0.15) is 5.26 Å². The van der Waals surface area contributed by atoms with Crippen molar-refractivity contribution >= 4 is 23.0 Å². The molecule has 2 aromatic carbocycles. The molecule has 6 heteroatoms. The SMILES string of the molecule is COc1cc(/C=C(\C#N)c2nc(-c3ccccc3)cs2)cc(OC)c1O. The average Bonchev–Trinajstić information content (AvgIpc) is 3.17. The Morgan fingerprint density at radius 2 is 1.81 bits per heavy atom. The van der Waals surface area contributed by atoms with Crippen LogP contribution in [0.1, 0.15) is 10.6 Å². The summed E-state index contributed by atoms with van der Waals surface area (Å²) >= 11 is 1.41. The molecule has 0 unspecified atom stereocenters. The molecule has 3 aromatic rings. The average molecular weight is 364 g/mol. The number of aromatic nitrogens is 1. The van der Waals surface area contributed by atoms with Gasteiger partial charge in [0.15, 0.2) is 11.5 Å². The zero-order valence-corrected chi connectivity index (χ0v) is 15.1. The lowest BCUT2D eigenvalue weighted by molar-refractivity contribution is 0.340. The number of hydrogen-bond donors (Lipinski definition) is 1. The van der Waals surface area contributed by atoms with E-state index in [0.717, 1.165) is 11.3 Å². The van der Waals surface area contributed by atoms with Gasteiger partial charge in [-0.05, 0) is 23.8 Å². The molecule has 0 atom stereocenters. The Bertz CT molecular complexity index is 963. The van der Waals surface area contributed by atoms with E-state index in [-0.39, 0.29) is 17.2 Å². The first kappa shape index (κ1) is 17.5. The van der Waals surface area contributed by atoms with Crippen molar-refractivity contribution in [1.82, 2.24) is 4.98 Å². The minimum Gasteiger partial charge on any atom is -0.502 e. The molecule has 0 aliphatic carbocycles. The number of phenols is 1. The Kier molecular flexibility index (Phi) is 5.20. The number of rotatable bonds is 5. The van der Waals surface area contributed by atoms with Gasteiger partial charge >= 0.3 is 0 Å². The summed E-state index contributed by atoms with van der Waals surface area (Å²) in [6, 6.07) is 15.3. The largest absolute Gasteiger partial charge is 0.502 e. The third-order valence-electron chi connectivity index (χ3n) is 3.74. The molecule has 0 amide bonds. The molecule has 1 heterocycles. The topological polar surface area (TPSA) is 75.4 Å². The van der Waals surface area contributed by atoms with Crippen LogP contribution in [0.4, 0.5) is 0 Å². The summed E-state index contributed by atoms with van der Waals surface area (Å²) in [5, 5.41) is 22.1. The maximum atomic E-state index is 10.0. The summed E-state index contributed by atoms with van der Waals surface area (Å²) in [5.74, 6) is 0.472. The van der Waals surface area contributed by atoms with E-state index in [4.69, 9.17) is 9.47 Å². The third kappa shape index (κ3) is 3.53. The highest BCUT2D eigenvalue weighted by Crippen LogP contribution is 2.38. The van der Waals surface area contributed by atoms with Crippen LogP contribution in [-0.2, 0) is 0 Å². The van der Waals surface area contributed by atoms with Crippen LogP contribution in [0.25, 0.3) is 22.9 Å². The lowest BCUT2D eigenvalue weighted by Gasteiger charge is -2.09. The molecule has 1 aromatic heterocycles. The summed E-state index contributed by atoms with van der Waals surface area (Å²) in [5.41, 5.74) is 2.92. The molecule has 1 N–H and O–H groups in total. The van der Waals surface area contributed by atoms with E-state index in [9.17, 15) is 10.4 Å². The van der Waals surface area contributed by atoms with Gasteiger partial charge in [0.05, 0.1) is 25.5 Å². The first-order valence-corrected chi connectivity index (χ1v) is 8.62. The number of aromatic hydroxyl groups is 1. The molecule has 26 heavy (non-hydrogen) atoms. The molecule has 0 aliphatic heterocycles. The second kappa shape index (κ2) is 7.72. The van der Waals surface area contributed by atoms with Crippen LogP contribution in [0.15, 0.2) is 47.8 Å². The van der Waals surface area contributed by atoms with Crippen molar-refractivity contribution in [2.45, 2.75) is 0 Å². The van der Waals surface area contributed by atoms with E-state index in [2.05, 4.69) is 11.1 Å². The molecular weight excluding hydrogens is 348 g/mol. The predicted octanol–water partition coefficient (Wildman–Crippen LogP) is 4.60. The molecule has 3 rings (SSSR count). The van der Waals surface area contributed by atoms with Crippen molar-refractivity contribution in [3.8, 4) is 34.6 Å². The Hall–Kier alpha value is -3.30. The fraction of sp³-hybridized carbons (Fsp3) is 0.100. The lowest BCUT2D eigenvalue weighted by Crippen LogP contribution is -1.90. The highest BCUT2D eigenvalue weighted by molar-refractivity contribution is 7.11. The predicted molar refractivity (Wildman–Crippen MR) is 102 cm³/mol. The van der Waals surface area contributed by atoms with Gasteiger partial charge in [0, 0.05) is 10.9 Å². The van der Waals surface area contributed by atoms with Crippen molar-refractivity contribution in [3.05, 3.63) is 58.4 Å². The van der Waals surface area contributed by atoms with Gasteiger partial charge in [-0.25, -0.2) is 4.98 Å². The van der Waals surface area contributed by atoms with Crippen LogP contribution >= 0.6 is 11.3 Å². The molecule has 0 spiro atoms. The van der Waals surface area contributed by atoms with E-state index in [1.807, 2.05) is 35.7 Å². The maximum absolute atomic E-state index is 10.0. The number of methoxy groups -OCH3 is 2. The van der Waals surface area contributed by atoms with Crippen molar-refractivity contribution in [2.75, 3.05) is 14.2 Å². The molecule has 0 saturated heterocycles. The first-order chi connectivity index (χ1) is 12.7. The van der Waals surface area contributed by atoms with E-state index < -0.39 is 0 Å². The fourth-order valence-corrected chi connectivity index (χ4v) is 3.24. The molecular formula is C20H16N2O3S. The van der Waals surface area contributed by atoms with E-state index in [1.165, 1.54) is 25.6 Å². The number of nitriles is 1. The Morgan fingerprint density at radius 1 is 1.15 bits per heavy atom. The molecule has 0 bridgehead atoms. The molecule has 0 radical (unpaired) electrons. The van der Waals surface area contributed by atoms with Gasteiger partial charge in [0.2, 0.25) is 5.75 Å². The van der Waals surface area contributed by atoms with Gasteiger partial charge in [-0.1, -0.05) is 30.3 Å². The standard InChI is InChI=1S/C20H16N2O3S/c1-24-17-9-13(10-18(25-2)19(17)23)8-15(11-21)20-22-16(12-26-20)14-6-4-3-5-7-14/h3-10,12,23H,1-2H3/b15-8+. The summed E-state index contributed by atoms with van der Waals surface area (Å²) < 4.78 is 10.3. The number of hydrogen-bond acceptors (Lipinski definition) is 6. The third-order valence-corrected chi connectivity index (χ3v) is 4.61. The molecule has 130 valence electrons. The van der Waals surface area contributed by atoms with Gasteiger partial charge in [0.25, 0.3) is 0 Å². The second-order valence-corrected chi connectivity index (χ2v) is 6.21. The molecule has 5 nitrogen and oxygen atoms in total. The highest BCUT2D eigenvalue weighted by atomic mass is 32.1. The Labute approximate surface area is 155 Å². The zero-order valence-electron chi connectivity index (χ0n) is 14.3. The van der Waals surface area contributed by atoms with Crippen LogP contribution in [0, 0.1) is 11.3 Å². The Morgan fingerprint density at radius 3 is 2.38 bits per heavy atom. The van der Waals surface area contributed by atoms with Crippen LogP contribution < -0.4 is 9.47 Å². The van der Waals surface area contributed by atoms with Crippen molar-refractivity contribution < 1.29 is 14.6 Å².